The number of nitrogens with zero attached hydrogens (tertiary/aromatic N) is 4. The van der Waals surface area contributed by atoms with Gasteiger partial charge >= 0.3 is 0 Å². The summed E-state index contributed by atoms with van der Waals surface area (Å²) in [5.41, 5.74) is 0.671. The molecule has 6 heteroatoms. The third kappa shape index (κ3) is 2.49. The van der Waals surface area contributed by atoms with Gasteiger partial charge in [0.15, 0.2) is 5.82 Å². The maximum absolute atomic E-state index is 5.83. The van der Waals surface area contributed by atoms with E-state index in [1.807, 2.05) is 10.6 Å². The lowest BCUT2D eigenvalue weighted by atomic mass is 9.95. The zero-order valence-electron chi connectivity index (χ0n) is 10.0. The molecule has 1 atom stereocenters. The third-order valence-electron chi connectivity index (χ3n) is 3.06. The van der Waals surface area contributed by atoms with Gasteiger partial charge in [0.25, 0.3) is 0 Å². The first-order valence-corrected chi connectivity index (χ1v) is 6.20. The molecule has 17 heavy (non-hydrogen) atoms. The zero-order chi connectivity index (χ0) is 12.3. The Hall–Kier alpha value is -1.36. The first-order chi connectivity index (χ1) is 8.18. The van der Waals surface area contributed by atoms with Crippen molar-refractivity contribution in [1.82, 2.24) is 19.6 Å². The standard InChI is InChI=1S/C11H16ClN5/c1-3-11(2,4-5-12)15-9-10-16-14-8-17(10)7-6-13-9/h6-8H,3-5H2,1-2H3,(H,13,15). The number of fused-ring (bicyclic) bond motifs is 1. The molecule has 0 saturated carbocycles. The summed E-state index contributed by atoms with van der Waals surface area (Å²) >= 11 is 5.83. The number of hydrogen-bond acceptors (Lipinski definition) is 4. The van der Waals surface area contributed by atoms with Crippen LogP contribution in [0.2, 0.25) is 0 Å². The van der Waals surface area contributed by atoms with E-state index in [0.29, 0.717) is 5.88 Å². The summed E-state index contributed by atoms with van der Waals surface area (Å²) in [6.45, 7) is 4.26. The van der Waals surface area contributed by atoms with Gasteiger partial charge in [-0.25, -0.2) is 4.98 Å². The monoisotopic (exact) mass is 253 g/mol. The molecule has 2 heterocycles. The average Bonchev–Trinajstić information content (AvgIpc) is 2.78. The molecule has 0 spiro atoms. The highest BCUT2D eigenvalue weighted by molar-refractivity contribution is 6.17. The molecular formula is C11H16ClN5. The van der Waals surface area contributed by atoms with Crippen molar-refractivity contribution in [3.05, 3.63) is 18.7 Å². The molecule has 0 aliphatic carbocycles. The minimum absolute atomic E-state index is 0.0669. The summed E-state index contributed by atoms with van der Waals surface area (Å²) in [5.74, 6) is 1.37. The van der Waals surface area contributed by atoms with Gasteiger partial charge in [-0.15, -0.1) is 21.8 Å². The first kappa shape index (κ1) is 12.1. The molecule has 0 aliphatic heterocycles. The van der Waals surface area contributed by atoms with Crippen molar-refractivity contribution in [1.29, 1.82) is 0 Å². The van der Waals surface area contributed by atoms with Crippen molar-refractivity contribution in [2.75, 3.05) is 11.2 Å². The second kappa shape index (κ2) is 4.87. The summed E-state index contributed by atoms with van der Waals surface area (Å²) in [6, 6.07) is 0. The average molecular weight is 254 g/mol. The van der Waals surface area contributed by atoms with Crippen molar-refractivity contribution in [3.63, 3.8) is 0 Å². The van der Waals surface area contributed by atoms with Gasteiger partial charge in [-0.2, -0.15) is 0 Å². The molecule has 0 bridgehead atoms. The Morgan fingerprint density at radius 2 is 2.35 bits per heavy atom. The highest BCUT2D eigenvalue weighted by Crippen LogP contribution is 2.22. The Labute approximate surface area is 105 Å². The van der Waals surface area contributed by atoms with Gasteiger partial charge in [0, 0.05) is 23.8 Å². The molecule has 2 aromatic rings. The van der Waals surface area contributed by atoms with E-state index in [2.05, 4.69) is 34.3 Å². The largest absolute Gasteiger partial charge is 0.362 e. The Kier molecular flexibility index (Phi) is 3.47. The quantitative estimate of drug-likeness (QED) is 0.831. The normalized spacial score (nSPS) is 14.8. The molecule has 92 valence electrons. The van der Waals surface area contributed by atoms with Crippen LogP contribution in [-0.4, -0.2) is 31.0 Å². The van der Waals surface area contributed by atoms with E-state index in [1.165, 1.54) is 0 Å². The molecule has 2 rings (SSSR count). The maximum atomic E-state index is 5.83. The van der Waals surface area contributed by atoms with E-state index < -0.39 is 0 Å². The molecule has 5 nitrogen and oxygen atoms in total. The number of anilines is 1. The molecule has 1 unspecified atom stereocenters. The maximum Gasteiger partial charge on any atom is 0.203 e. The van der Waals surface area contributed by atoms with E-state index in [1.54, 1.807) is 12.5 Å². The lowest BCUT2D eigenvalue weighted by molar-refractivity contribution is 0.479. The molecule has 0 radical (unpaired) electrons. The van der Waals surface area contributed by atoms with Crippen molar-refractivity contribution in [2.24, 2.45) is 0 Å². The minimum atomic E-state index is -0.0669. The van der Waals surface area contributed by atoms with Crippen LogP contribution >= 0.6 is 11.6 Å². The van der Waals surface area contributed by atoms with Crippen molar-refractivity contribution in [3.8, 4) is 0 Å². The smallest absolute Gasteiger partial charge is 0.203 e. The van der Waals surface area contributed by atoms with Crippen LogP contribution < -0.4 is 5.32 Å². The number of alkyl halides is 1. The Morgan fingerprint density at radius 1 is 1.53 bits per heavy atom. The van der Waals surface area contributed by atoms with Gasteiger partial charge in [-0.1, -0.05) is 6.92 Å². The van der Waals surface area contributed by atoms with Crippen molar-refractivity contribution >= 4 is 23.1 Å². The molecular weight excluding hydrogens is 238 g/mol. The summed E-state index contributed by atoms with van der Waals surface area (Å²) < 4.78 is 1.84. The van der Waals surface area contributed by atoms with E-state index in [9.17, 15) is 0 Å². The van der Waals surface area contributed by atoms with Gasteiger partial charge < -0.3 is 5.32 Å². The molecule has 0 aliphatic rings. The first-order valence-electron chi connectivity index (χ1n) is 5.67. The predicted octanol–water partition coefficient (Wildman–Crippen LogP) is 2.33. The van der Waals surface area contributed by atoms with Crippen LogP contribution in [0.15, 0.2) is 18.7 Å². The lowest BCUT2D eigenvalue weighted by Crippen LogP contribution is -2.35. The Morgan fingerprint density at radius 3 is 3.06 bits per heavy atom. The minimum Gasteiger partial charge on any atom is -0.362 e. The predicted molar refractivity (Wildman–Crippen MR) is 68.4 cm³/mol. The number of rotatable bonds is 5. The van der Waals surface area contributed by atoms with Crippen molar-refractivity contribution < 1.29 is 0 Å². The Bertz CT molecular complexity index is 497. The molecule has 0 aromatic carbocycles. The number of aromatic nitrogens is 4. The second-order valence-electron chi connectivity index (χ2n) is 4.32. The van der Waals surface area contributed by atoms with Crippen molar-refractivity contribution in [2.45, 2.75) is 32.2 Å². The molecule has 0 fully saturated rings. The fourth-order valence-electron chi connectivity index (χ4n) is 1.67. The number of nitrogens with one attached hydrogen (secondary N) is 1. The highest BCUT2D eigenvalue weighted by atomic mass is 35.5. The molecule has 0 amide bonds. The summed E-state index contributed by atoms with van der Waals surface area (Å²) in [5, 5.41) is 11.3. The van der Waals surface area contributed by atoms with Crippen LogP contribution in [0.3, 0.4) is 0 Å². The summed E-state index contributed by atoms with van der Waals surface area (Å²) in [6.07, 6.45) is 7.06. The van der Waals surface area contributed by atoms with E-state index >= 15 is 0 Å². The topological polar surface area (TPSA) is 55.1 Å². The molecule has 1 N–H and O–H groups in total. The Balaban J connectivity index is 2.31. The third-order valence-corrected chi connectivity index (χ3v) is 3.25. The van der Waals surface area contributed by atoms with Gasteiger partial charge in [0.05, 0.1) is 0 Å². The molecule has 0 saturated heterocycles. The second-order valence-corrected chi connectivity index (χ2v) is 4.69. The SMILES string of the molecule is CCC(C)(CCCl)Nc1nccn2cnnc12. The van der Waals surface area contributed by atoms with Crippen LogP contribution in [0.1, 0.15) is 26.7 Å². The van der Waals surface area contributed by atoms with Gasteiger partial charge in [-0.3, -0.25) is 4.40 Å². The molecule has 2 aromatic heterocycles. The van der Waals surface area contributed by atoms with Gasteiger partial charge in [0.2, 0.25) is 5.65 Å². The van der Waals surface area contributed by atoms with Crippen LogP contribution in [-0.2, 0) is 0 Å². The summed E-state index contributed by atoms with van der Waals surface area (Å²) in [7, 11) is 0. The van der Waals surface area contributed by atoms with Crippen LogP contribution in [0, 0.1) is 0 Å². The van der Waals surface area contributed by atoms with Crippen LogP contribution in [0.4, 0.5) is 5.82 Å². The number of hydrogen-bond donors (Lipinski definition) is 1. The van der Waals surface area contributed by atoms with Gasteiger partial charge in [0.1, 0.15) is 6.33 Å². The van der Waals surface area contributed by atoms with Crippen LogP contribution in [0.25, 0.3) is 5.65 Å². The summed E-state index contributed by atoms with van der Waals surface area (Å²) in [4.78, 5) is 4.32. The van der Waals surface area contributed by atoms with E-state index in [0.717, 1.165) is 24.3 Å². The van der Waals surface area contributed by atoms with E-state index in [-0.39, 0.29) is 5.54 Å². The highest BCUT2D eigenvalue weighted by Gasteiger charge is 2.22. The fraction of sp³-hybridized carbons (Fsp3) is 0.545. The zero-order valence-corrected chi connectivity index (χ0v) is 10.8. The lowest BCUT2D eigenvalue weighted by Gasteiger charge is -2.29. The van der Waals surface area contributed by atoms with E-state index in [4.69, 9.17) is 11.6 Å². The number of halogens is 1. The van der Waals surface area contributed by atoms with Crippen LogP contribution in [0.5, 0.6) is 0 Å². The van der Waals surface area contributed by atoms with Gasteiger partial charge in [-0.05, 0) is 19.8 Å². The fourth-order valence-corrected chi connectivity index (χ4v) is 2.09.